The number of rotatable bonds is 4. The molecular formula is C13H24N2O2. The van der Waals surface area contributed by atoms with E-state index in [0.29, 0.717) is 12.0 Å². The van der Waals surface area contributed by atoms with E-state index in [4.69, 9.17) is 4.74 Å². The highest BCUT2D eigenvalue weighted by Gasteiger charge is 2.28. The molecule has 0 aromatic rings. The second kappa shape index (κ2) is 6.36. The Morgan fingerprint density at radius 2 is 2.29 bits per heavy atom. The van der Waals surface area contributed by atoms with Gasteiger partial charge in [-0.25, -0.2) is 0 Å². The third-order valence-corrected chi connectivity index (χ3v) is 3.91. The highest BCUT2D eigenvalue weighted by Crippen LogP contribution is 2.22. The molecule has 2 aliphatic rings. The molecule has 2 rings (SSSR count). The summed E-state index contributed by atoms with van der Waals surface area (Å²) in [6.45, 7) is 4.74. The number of carbonyl (C=O) groups excluding carboxylic acids is 1. The van der Waals surface area contributed by atoms with Crippen LogP contribution < -0.4 is 10.6 Å². The van der Waals surface area contributed by atoms with Gasteiger partial charge in [0.05, 0.1) is 12.1 Å². The van der Waals surface area contributed by atoms with E-state index < -0.39 is 0 Å². The first-order chi connectivity index (χ1) is 8.31. The lowest BCUT2D eigenvalue weighted by atomic mass is 9.99. The summed E-state index contributed by atoms with van der Waals surface area (Å²) >= 11 is 0. The molecule has 4 heteroatoms. The van der Waals surface area contributed by atoms with Gasteiger partial charge in [-0.15, -0.1) is 0 Å². The minimum atomic E-state index is 0.0335. The molecule has 2 heterocycles. The molecule has 3 atom stereocenters. The van der Waals surface area contributed by atoms with Gasteiger partial charge in [0, 0.05) is 19.1 Å². The van der Waals surface area contributed by atoms with Gasteiger partial charge >= 0.3 is 0 Å². The number of piperidine rings is 1. The van der Waals surface area contributed by atoms with Crippen molar-refractivity contribution < 1.29 is 9.53 Å². The van der Waals surface area contributed by atoms with Crippen molar-refractivity contribution in [3.8, 4) is 0 Å². The van der Waals surface area contributed by atoms with E-state index in [9.17, 15) is 4.79 Å². The van der Waals surface area contributed by atoms with Gasteiger partial charge in [-0.2, -0.15) is 0 Å². The van der Waals surface area contributed by atoms with Gasteiger partial charge < -0.3 is 15.4 Å². The van der Waals surface area contributed by atoms with Crippen molar-refractivity contribution in [2.45, 2.75) is 51.2 Å². The largest absolute Gasteiger partial charge is 0.378 e. The minimum absolute atomic E-state index is 0.0335. The SMILES string of the molecule is CCC1OCCC1CNC(=O)[C@H]1CCCCN1. The van der Waals surface area contributed by atoms with Crippen LogP contribution in [0.1, 0.15) is 39.0 Å². The quantitative estimate of drug-likeness (QED) is 0.772. The summed E-state index contributed by atoms with van der Waals surface area (Å²) in [5.41, 5.74) is 0. The summed E-state index contributed by atoms with van der Waals surface area (Å²) < 4.78 is 5.63. The third-order valence-electron chi connectivity index (χ3n) is 3.91. The van der Waals surface area contributed by atoms with E-state index in [1.807, 2.05) is 0 Å². The van der Waals surface area contributed by atoms with Crippen LogP contribution in [0, 0.1) is 5.92 Å². The summed E-state index contributed by atoms with van der Waals surface area (Å²) in [5, 5.41) is 6.35. The Kier molecular flexibility index (Phi) is 4.80. The van der Waals surface area contributed by atoms with Crippen molar-refractivity contribution in [3.63, 3.8) is 0 Å². The lowest BCUT2D eigenvalue weighted by Gasteiger charge is -2.24. The van der Waals surface area contributed by atoms with Gasteiger partial charge in [0.15, 0.2) is 0 Å². The standard InChI is InChI=1S/C13H24N2O2/c1-2-12-10(6-8-17-12)9-15-13(16)11-5-3-4-7-14-11/h10-12,14H,2-9H2,1H3,(H,15,16)/t10?,11-,12?/m1/s1. The molecule has 1 amide bonds. The third kappa shape index (κ3) is 3.42. The highest BCUT2D eigenvalue weighted by molar-refractivity contribution is 5.81. The Labute approximate surface area is 103 Å². The Morgan fingerprint density at radius 1 is 1.41 bits per heavy atom. The topological polar surface area (TPSA) is 50.4 Å². The molecule has 2 N–H and O–H groups in total. The van der Waals surface area contributed by atoms with Crippen LogP contribution in [0.4, 0.5) is 0 Å². The van der Waals surface area contributed by atoms with E-state index in [1.54, 1.807) is 0 Å². The smallest absolute Gasteiger partial charge is 0.237 e. The second-order valence-electron chi connectivity index (χ2n) is 5.11. The van der Waals surface area contributed by atoms with Crippen molar-refractivity contribution in [2.24, 2.45) is 5.92 Å². The summed E-state index contributed by atoms with van der Waals surface area (Å²) in [6.07, 6.45) is 5.80. The maximum Gasteiger partial charge on any atom is 0.237 e. The molecular weight excluding hydrogens is 216 g/mol. The van der Waals surface area contributed by atoms with Crippen molar-refractivity contribution in [1.82, 2.24) is 10.6 Å². The van der Waals surface area contributed by atoms with Gasteiger partial charge in [0.25, 0.3) is 0 Å². The Bertz CT molecular complexity index is 252. The number of amides is 1. The molecule has 0 radical (unpaired) electrons. The molecule has 2 aliphatic heterocycles. The van der Waals surface area contributed by atoms with E-state index in [0.717, 1.165) is 45.4 Å². The second-order valence-corrected chi connectivity index (χ2v) is 5.11. The van der Waals surface area contributed by atoms with E-state index in [1.165, 1.54) is 6.42 Å². The van der Waals surface area contributed by atoms with Crippen LogP contribution in [-0.4, -0.2) is 37.7 Å². The first-order valence-corrected chi connectivity index (χ1v) is 6.94. The molecule has 0 saturated carbocycles. The molecule has 2 unspecified atom stereocenters. The molecule has 0 aliphatic carbocycles. The first-order valence-electron chi connectivity index (χ1n) is 6.94. The maximum atomic E-state index is 11.9. The van der Waals surface area contributed by atoms with Crippen LogP contribution in [-0.2, 0) is 9.53 Å². The molecule has 0 spiro atoms. The average Bonchev–Trinajstić information content (AvgIpc) is 2.84. The number of hydrogen-bond donors (Lipinski definition) is 2. The molecule has 2 saturated heterocycles. The monoisotopic (exact) mass is 240 g/mol. The Hall–Kier alpha value is -0.610. The number of carbonyl (C=O) groups is 1. The number of ether oxygens (including phenoxy) is 1. The van der Waals surface area contributed by atoms with E-state index in [2.05, 4.69) is 17.6 Å². The molecule has 4 nitrogen and oxygen atoms in total. The van der Waals surface area contributed by atoms with Crippen LogP contribution in [0.25, 0.3) is 0 Å². The summed E-state index contributed by atoms with van der Waals surface area (Å²) in [4.78, 5) is 11.9. The van der Waals surface area contributed by atoms with Crippen molar-refractivity contribution in [2.75, 3.05) is 19.7 Å². The predicted octanol–water partition coefficient (Wildman–Crippen LogP) is 1.06. The summed E-state index contributed by atoms with van der Waals surface area (Å²) in [7, 11) is 0. The van der Waals surface area contributed by atoms with E-state index in [-0.39, 0.29) is 11.9 Å². The van der Waals surface area contributed by atoms with Crippen molar-refractivity contribution in [1.29, 1.82) is 0 Å². The van der Waals surface area contributed by atoms with Crippen molar-refractivity contribution >= 4 is 5.91 Å². The Balaban J connectivity index is 1.71. The number of nitrogens with one attached hydrogen (secondary N) is 2. The van der Waals surface area contributed by atoms with Crippen LogP contribution in [0.2, 0.25) is 0 Å². The zero-order valence-corrected chi connectivity index (χ0v) is 10.7. The van der Waals surface area contributed by atoms with E-state index >= 15 is 0 Å². The van der Waals surface area contributed by atoms with Gasteiger partial charge in [-0.05, 0) is 32.2 Å². The van der Waals surface area contributed by atoms with Gasteiger partial charge in [-0.3, -0.25) is 4.79 Å². The average molecular weight is 240 g/mol. The molecule has 0 aromatic heterocycles. The summed E-state index contributed by atoms with van der Waals surface area (Å²) in [5.74, 6) is 0.680. The van der Waals surface area contributed by atoms with Crippen molar-refractivity contribution in [3.05, 3.63) is 0 Å². The van der Waals surface area contributed by atoms with Crippen LogP contribution in [0.15, 0.2) is 0 Å². The first kappa shape index (κ1) is 12.8. The van der Waals surface area contributed by atoms with Crippen LogP contribution in [0.5, 0.6) is 0 Å². The number of hydrogen-bond acceptors (Lipinski definition) is 3. The fraction of sp³-hybridized carbons (Fsp3) is 0.923. The van der Waals surface area contributed by atoms with Crippen LogP contribution in [0.3, 0.4) is 0 Å². The Morgan fingerprint density at radius 3 is 3.00 bits per heavy atom. The molecule has 2 fully saturated rings. The fourth-order valence-electron chi connectivity index (χ4n) is 2.81. The lowest BCUT2D eigenvalue weighted by molar-refractivity contribution is -0.123. The zero-order valence-electron chi connectivity index (χ0n) is 10.7. The normalized spacial score (nSPS) is 33.6. The molecule has 0 bridgehead atoms. The highest BCUT2D eigenvalue weighted by atomic mass is 16.5. The van der Waals surface area contributed by atoms with Gasteiger partial charge in [-0.1, -0.05) is 13.3 Å². The zero-order chi connectivity index (χ0) is 12.1. The molecule has 98 valence electrons. The maximum absolute atomic E-state index is 11.9. The summed E-state index contributed by atoms with van der Waals surface area (Å²) in [6, 6.07) is 0.0335. The van der Waals surface area contributed by atoms with Crippen LogP contribution >= 0.6 is 0 Å². The van der Waals surface area contributed by atoms with Gasteiger partial charge in [0.2, 0.25) is 5.91 Å². The van der Waals surface area contributed by atoms with Gasteiger partial charge in [0.1, 0.15) is 0 Å². The molecule has 17 heavy (non-hydrogen) atoms. The fourth-order valence-corrected chi connectivity index (χ4v) is 2.81. The minimum Gasteiger partial charge on any atom is -0.378 e. The lowest BCUT2D eigenvalue weighted by Crippen LogP contribution is -2.48. The molecule has 0 aromatic carbocycles. The predicted molar refractivity (Wildman–Crippen MR) is 66.8 cm³/mol.